The van der Waals surface area contributed by atoms with E-state index < -0.39 is 0 Å². The summed E-state index contributed by atoms with van der Waals surface area (Å²) < 4.78 is 0. The van der Waals surface area contributed by atoms with Gasteiger partial charge in [-0.2, -0.15) is 0 Å². The van der Waals surface area contributed by atoms with E-state index in [9.17, 15) is 0 Å². The van der Waals surface area contributed by atoms with Gasteiger partial charge in [-0.15, -0.1) is 0 Å². The molecule has 0 saturated carbocycles. The van der Waals surface area contributed by atoms with Crippen molar-refractivity contribution < 1.29 is 0 Å². The minimum absolute atomic E-state index is 0.765. The van der Waals surface area contributed by atoms with Gasteiger partial charge in [0.05, 0.1) is 0 Å². The molecule has 0 bridgehead atoms. The molecule has 0 N–H and O–H groups in total. The van der Waals surface area contributed by atoms with Crippen LogP contribution in [0.4, 0.5) is 0 Å². The van der Waals surface area contributed by atoms with E-state index in [0.29, 0.717) is 0 Å². The summed E-state index contributed by atoms with van der Waals surface area (Å²) in [6.07, 6.45) is 3.92. The van der Waals surface area contributed by atoms with E-state index in [1.54, 1.807) is 0 Å². The smallest absolute Gasteiger partial charge is 0.0113 e. The molecule has 21 heavy (non-hydrogen) atoms. The quantitative estimate of drug-likeness (QED) is 0.486. The summed E-state index contributed by atoms with van der Waals surface area (Å²) in [5.41, 5.74) is 0. The summed E-state index contributed by atoms with van der Waals surface area (Å²) in [4.78, 5) is 7.84. The van der Waals surface area contributed by atoms with Gasteiger partial charge >= 0.3 is 0 Å². The molecule has 3 nitrogen and oxygen atoms in total. The molecule has 1 unspecified atom stereocenters. The van der Waals surface area contributed by atoms with Crippen molar-refractivity contribution in [2.45, 2.75) is 66.8 Å². The van der Waals surface area contributed by atoms with Crippen molar-refractivity contribution in [2.75, 3.05) is 52.4 Å². The van der Waals surface area contributed by atoms with Gasteiger partial charge in [0.15, 0.2) is 0 Å². The second-order valence-corrected chi connectivity index (χ2v) is 5.94. The van der Waals surface area contributed by atoms with Crippen LogP contribution in [0.3, 0.4) is 0 Å². The van der Waals surface area contributed by atoms with Crippen molar-refractivity contribution in [3.63, 3.8) is 0 Å². The summed E-state index contributed by atoms with van der Waals surface area (Å²) in [6.45, 7) is 23.3. The molecule has 0 aliphatic rings. The van der Waals surface area contributed by atoms with Crippen LogP contribution < -0.4 is 0 Å². The minimum Gasteiger partial charge on any atom is -0.303 e. The number of nitrogens with zero attached hydrogens (tertiary/aromatic N) is 3. The molecule has 0 aromatic rings. The van der Waals surface area contributed by atoms with Gasteiger partial charge in [0.2, 0.25) is 0 Å². The molecule has 0 rings (SSSR count). The monoisotopic (exact) mass is 299 g/mol. The van der Waals surface area contributed by atoms with Crippen LogP contribution in [0.2, 0.25) is 0 Å². The molecule has 0 aliphatic heterocycles. The zero-order valence-corrected chi connectivity index (χ0v) is 15.7. The summed E-state index contributed by atoms with van der Waals surface area (Å²) in [7, 11) is 0. The van der Waals surface area contributed by atoms with Crippen LogP contribution in [-0.2, 0) is 0 Å². The van der Waals surface area contributed by atoms with Gasteiger partial charge < -0.3 is 9.80 Å². The highest BCUT2D eigenvalue weighted by atomic mass is 15.2. The number of rotatable bonds is 14. The molecule has 3 heteroatoms. The van der Waals surface area contributed by atoms with Gasteiger partial charge in [-0.3, -0.25) is 4.90 Å². The minimum atomic E-state index is 0.765. The third-order valence-corrected chi connectivity index (χ3v) is 4.81. The lowest BCUT2D eigenvalue weighted by Gasteiger charge is -2.34. The maximum absolute atomic E-state index is 2.75. The second kappa shape index (κ2) is 13.5. The van der Waals surface area contributed by atoms with Gasteiger partial charge in [-0.1, -0.05) is 48.0 Å². The predicted molar refractivity (Wildman–Crippen MR) is 96.1 cm³/mol. The van der Waals surface area contributed by atoms with Crippen LogP contribution in [0.1, 0.15) is 60.8 Å². The van der Waals surface area contributed by atoms with E-state index >= 15 is 0 Å². The first kappa shape index (κ1) is 20.9. The Balaban J connectivity index is 4.51. The summed E-state index contributed by atoms with van der Waals surface area (Å²) in [5, 5.41) is 0. The van der Waals surface area contributed by atoms with Crippen LogP contribution in [-0.4, -0.2) is 73.1 Å². The molecule has 0 aromatic carbocycles. The number of hydrogen-bond donors (Lipinski definition) is 0. The van der Waals surface area contributed by atoms with E-state index in [1.165, 1.54) is 71.6 Å². The zero-order valence-electron chi connectivity index (χ0n) is 15.7. The highest BCUT2D eigenvalue weighted by molar-refractivity contribution is 4.73. The topological polar surface area (TPSA) is 9.72 Å². The normalized spacial score (nSPS) is 13.6. The van der Waals surface area contributed by atoms with Gasteiger partial charge in [0, 0.05) is 32.2 Å². The van der Waals surface area contributed by atoms with Crippen LogP contribution in [0.5, 0.6) is 0 Å². The average Bonchev–Trinajstić information content (AvgIpc) is 2.52. The third-order valence-electron chi connectivity index (χ3n) is 4.81. The Morgan fingerprint density at radius 2 is 1.05 bits per heavy atom. The predicted octanol–water partition coefficient (Wildman–Crippen LogP) is 3.55. The SMILES string of the molecule is CCCC(CC)N(CCN(CC)CC)CCN(CC)CC. The summed E-state index contributed by atoms with van der Waals surface area (Å²) >= 11 is 0. The van der Waals surface area contributed by atoms with Crippen LogP contribution >= 0.6 is 0 Å². The molecular weight excluding hydrogens is 258 g/mol. The Bertz CT molecular complexity index is 197. The van der Waals surface area contributed by atoms with Gasteiger partial charge in [-0.25, -0.2) is 0 Å². The summed E-state index contributed by atoms with van der Waals surface area (Å²) in [6, 6.07) is 0.765. The van der Waals surface area contributed by atoms with E-state index in [2.05, 4.69) is 56.2 Å². The molecule has 0 fully saturated rings. The lowest BCUT2D eigenvalue weighted by atomic mass is 10.1. The highest BCUT2D eigenvalue weighted by Gasteiger charge is 2.17. The molecule has 128 valence electrons. The number of hydrogen-bond acceptors (Lipinski definition) is 3. The fourth-order valence-corrected chi connectivity index (χ4v) is 3.07. The van der Waals surface area contributed by atoms with Gasteiger partial charge in [0.1, 0.15) is 0 Å². The Morgan fingerprint density at radius 3 is 1.33 bits per heavy atom. The average molecular weight is 300 g/mol. The Hall–Kier alpha value is -0.120. The van der Waals surface area contributed by atoms with E-state index in [-0.39, 0.29) is 0 Å². The molecule has 0 aromatic heterocycles. The molecule has 0 aliphatic carbocycles. The number of likely N-dealkylation sites (N-methyl/N-ethyl adjacent to an activating group) is 2. The first-order valence-corrected chi connectivity index (χ1v) is 9.35. The van der Waals surface area contributed by atoms with Gasteiger partial charge in [-0.05, 0) is 39.0 Å². The first-order valence-electron chi connectivity index (χ1n) is 9.35. The van der Waals surface area contributed by atoms with Crippen molar-refractivity contribution in [1.29, 1.82) is 0 Å². The van der Waals surface area contributed by atoms with E-state index in [0.717, 1.165) is 6.04 Å². The lowest BCUT2D eigenvalue weighted by molar-refractivity contribution is 0.134. The van der Waals surface area contributed by atoms with E-state index in [1.807, 2.05) is 0 Å². The second-order valence-electron chi connectivity index (χ2n) is 5.94. The van der Waals surface area contributed by atoms with Gasteiger partial charge in [0.25, 0.3) is 0 Å². The van der Waals surface area contributed by atoms with Crippen molar-refractivity contribution in [3.05, 3.63) is 0 Å². The molecular formula is C18H41N3. The maximum atomic E-state index is 2.75. The Kier molecular flexibility index (Phi) is 13.5. The Labute approximate surface area is 134 Å². The fraction of sp³-hybridized carbons (Fsp3) is 1.00. The van der Waals surface area contributed by atoms with Crippen LogP contribution in [0.25, 0.3) is 0 Å². The summed E-state index contributed by atoms with van der Waals surface area (Å²) in [5.74, 6) is 0. The zero-order chi connectivity index (χ0) is 16.1. The van der Waals surface area contributed by atoms with Crippen molar-refractivity contribution in [2.24, 2.45) is 0 Å². The molecule has 0 saturated heterocycles. The van der Waals surface area contributed by atoms with Crippen LogP contribution in [0.15, 0.2) is 0 Å². The molecule has 0 spiro atoms. The van der Waals surface area contributed by atoms with E-state index in [4.69, 9.17) is 0 Å². The van der Waals surface area contributed by atoms with Crippen molar-refractivity contribution in [3.8, 4) is 0 Å². The van der Waals surface area contributed by atoms with Crippen molar-refractivity contribution in [1.82, 2.24) is 14.7 Å². The maximum Gasteiger partial charge on any atom is 0.0113 e. The lowest BCUT2D eigenvalue weighted by Crippen LogP contribution is -2.44. The molecule has 0 heterocycles. The fourth-order valence-electron chi connectivity index (χ4n) is 3.07. The first-order chi connectivity index (χ1) is 10.2. The third kappa shape index (κ3) is 8.80. The van der Waals surface area contributed by atoms with Crippen LogP contribution in [0, 0.1) is 0 Å². The standard InChI is InChI=1S/C18H41N3/c1-7-13-18(8-2)21(16-14-19(9-3)10-4)17-15-20(11-5)12-6/h18H,7-17H2,1-6H3. The molecule has 1 atom stereocenters. The largest absolute Gasteiger partial charge is 0.303 e. The van der Waals surface area contributed by atoms with Crippen molar-refractivity contribution >= 4 is 0 Å². The highest BCUT2D eigenvalue weighted by Crippen LogP contribution is 2.11. The Morgan fingerprint density at radius 1 is 0.619 bits per heavy atom. The molecule has 0 radical (unpaired) electrons. The molecule has 0 amide bonds.